The molecule has 0 bridgehead atoms. The molecule has 1 aromatic carbocycles. The van der Waals surface area contributed by atoms with E-state index in [0.717, 1.165) is 36.1 Å². The van der Waals surface area contributed by atoms with Crippen molar-refractivity contribution in [3.63, 3.8) is 0 Å². The lowest BCUT2D eigenvalue weighted by molar-refractivity contribution is 0.623. The number of nitriles is 1. The van der Waals surface area contributed by atoms with Crippen molar-refractivity contribution in [1.82, 2.24) is 4.37 Å². The van der Waals surface area contributed by atoms with Crippen LogP contribution >= 0.6 is 34.7 Å². The van der Waals surface area contributed by atoms with Gasteiger partial charge in [0.25, 0.3) is 0 Å². The van der Waals surface area contributed by atoms with Gasteiger partial charge in [0.15, 0.2) is 5.15 Å². The van der Waals surface area contributed by atoms with Crippen LogP contribution in [0.15, 0.2) is 18.2 Å². The molecule has 120 valence electrons. The molecule has 1 saturated heterocycles. The Morgan fingerprint density at radius 3 is 3.09 bits per heavy atom. The van der Waals surface area contributed by atoms with Crippen LogP contribution in [0.25, 0.3) is 0 Å². The molecule has 1 N–H and O–H groups in total. The van der Waals surface area contributed by atoms with Gasteiger partial charge in [0, 0.05) is 30.3 Å². The standard InChI is InChI=1S/C16H16Cl2N4S/c1-10-2-3-12(17)6-14(10)22-5-4-11(9-22)8-20-16-13(7-19)15(18)21-23-16/h2-3,6,11,20H,4-5,8-9H2,1H3. The molecule has 1 atom stereocenters. The molecule has 0 spiro atoms. The minimum Gasteiger partial charge on any atom is -0.374 e. The minimum atomic E-state index is 0.280. The zero-order valence-electron chi connectivity index (χ0n) is 12.6. The highest BCUT2D eigenvalue weighted by Crippen LogP contribution is 2.31. The van der Waals surface area contributed by atoms with Gasteiger partial charge in [-0.15, -0.1) is 0 Å². The van der Waals surface area contributed by atoms with Gasteiger partial charge in [0.1, 0.15) is 16.6 Å². The summed E-state index contributed by atoms with van der Waals surface area (Å²) in [6, 6.07) is 8.11. The van der Waals surface area contributed by atoms with Crippen LogP contribution in [0.2, 0.25) is 10.2 Å². The van der Waals surface area contributed by atoms with E-state index in [2.05, 4.69) is 33.6 Å². The lowest BCUT2D eigenvalue weighted by atomic mass is 10.1. The maximum atomic E-state index is 9.10. The average Bonchev–Trinajstić information content (AvgIpc) is 3.14. The zero-order chi connectivity index (χ0) is 16.4. The molecule has 7 heteroatoms. The molecule has 1 aliphatic rings. The molecule has 0 radical (unpaired) electrons. The third-order valence-corrected chi connectivity index (χ3v) is 5.52. The first-order valence-electron chi connectivity index (χ1n) is 7.38. The highest BCUT2D eigenvalue weighted by molar-refractivity contribution is 7.10. The summed E-state index contributed by atoms with van der Waals surface area (Å²) in [7, 11) is 0. The minimum absolute atomic E-state index is 0.280. The van der Waals surface area contributed by atoms with Crippen LogP contribution in [0.5, 0.6) is 0 Å². The number of anilines is 2. The van der Waals surface area contributed by atoms with Gasteiger partial charge >= 0.3 is 0 Å². The smallest absolute Gasteiger partial charge is 0.162 e. The van der Waals surface area contributed by atoms with Crippen LogP contribution in [0.1, 0.15) is 17.5 Å². The van der Waals surface area contributed by atoms with E-state index in [4.69, 9.17) is 28.5 Å². The van der Waals surface area contributed by atoms with Crippen molar-refractivity contribution in [2.75, 3.05) is 29.9 Å². The fraction of sp³-hybridized carbons (Fsp3) is 0.375. The van der Waals surface area contributed by atoms with Crippen molar-refractivity contribution in [2.24, 2.45) is 5.92 Å². The number of halogens is 2. The molecule has 4 nitrogen and oxygen atoms in total. The van der Waals surface area contributed by atoms with E-state index in [9.17, 15) is 0 Å². The average molecular weight is 367 g/mol. The van der Waals surface area contributed by atoms with Crippen LogP contribution in [0, 0.1) is 24.2 Å². The van der Waals surface area contributed by atoms with Gasteiger partial charge in [-0.1, -0.05) is 29.3 Å². The number of hydrogen-bond donors (Lipinski definition) is 1. The van der Waals surface area contributed by atoms with Crippen molar-refractivity contribution >= 4 is 45.4 Å². The Balaban J connectivity index is 1.62. The maximum absolute atomic E-state index is 9.10. The monoisotopic (exact) mass is 366 g/mol. The number of aryl methyl sites for hydroxylation is 1. The molecule has 2 heterocycles. The number of rotatable bonds is 4. The summed E-state index contributed by atoms with van der Waals surface area (Å²) < 4.78 is 4.01. The molecule has 23 heavy (non-hydrogen) atoms. The number of aromatic nitrogens is 1. The molecule has 3 rings (SSSR count). The predicted molar refractivity (Wildman–Crippen MR) is 96.8 cm³/mol. The van der Waals surface area contributed by atoms with E-state index in [0.29, 0.717) is 11.5 Å². The van der Waals surface area contributed by atoms with Gasteiger partial charge in [-0.25, -0.2) is 0 Å². The van der Waals surface area contributed by atoms with Crippen molar-refractivity contribution in [1.29, 1.82) is 5.26 Å². The Morgan fingerprint density at radius 2 is 2.30 bits per heavy atom. The van der Waals surface area contributed by atoms with Gasteiger partial charge in [-0.3, -0.25) is 0 Å². The first-order valence-corrected chi connectivity index (χ1v) is 8.91. The lowest BCUT2D eigenvalue weighted by Gasteiger charge is -2.21. The number of hydrogen-bond acceptors (Lipinski definition) is 5. The Kier molecular flexibility index (Phi) is 4.96. The summed E-state index contributed by atoms with van der Waals surface area (Å²) >= 11 is 13.3. The van der Waals surface area contributed by atoms with E-state index < -0.39 is 0 Å². The second-order valence-corrected chi connectivity index (χ2v) is 7.27. The molecular formula is C16H16Cl2N4S. The van der Waals surface area contributed by atoms with E-state index in [1.54, 1.807) is 0 Å². The first kappa shape index (κ1) is 16.4. The van der Waals surface area contributed by atoms with Crippen LogP contribution in [0.3, 0.4) is 0 Å². The fourth-order valence-corrected chi connectivity index (χ4v) is 3.97. The highest BCUT2D eigenvalue weighted by atomic mass is 35.5. The third kappa shape index (κ3) is 3.55. The van der Waals surface area contributed by atoms with Crippen LogP contribution in [-0.2, 0) is 0 Å². The van der Waals surface area contributed by atoms with E-state index in [-0.39, 0.29) is 5.15 Å². The van der Waals surface area contributed by atoms with Gasteiger partial charge in [-0.2, -0.15) is 9.64 Å². The van der Waals surface area contributed by atoms with Crippen molar-refractivity contribution < 1.29 is 0 Å². The summed E-state index contributed by atoms with van der Waals surface area (Å²) in [4.78, 5) is 2.37. The SMILES string of the molecule is Cc1ccc(Cl)cc1N1CCC(CNc2snc(Cl)c2C#N)C1. The number of nitrogens with one attached hydrogen (secondary N) is 1. The van der Waals surface area contributed by atoms with Gasteiger partial charge in [0.2, 0.25) is 0 Å². The largest absolute Gasteiger partial charge is 0.374 e. The van der Waals surface area contributed by atoms with E-state index in [1.807, 2.05) is 12.1 Å². The zero-order valence-corrected chi connectivity index (χ0v) is 15.0. The van der Waals surface area contributed by atoms with Crippen molar-refractivity contribution in [3.05, 3.63) is 39.5 Å². The second-order valence-electron chi connectivity index (χ2n) is 5.70. The van der Waals surface area contributed by atoms with Crippen LogP contribution in [-0.4, -0.2) is 24.0 Å². The van der Waals surface area contributed by atoms with Gasteiger partial charge in [0.05, 0.1) is 0 Å². The van der Waals surface area contributed by atoms with E-state index in [1.165, 1.54) is 22.8 Å². The van der Waals surface area contributed by atoms with Gasteiger partial charge in [-0.05, 0) is 48.5 Å². The molecule has 1 aliphatic heterocycles. The van der Waals surface area contributed by atoms with Crippen molar-refractivity contribution in [3.8, 4) is 6.07 Å². The third-order valence-electron chi connectivity index (χ3n) is 4.11. The molecule has 2 aromatic rings. The number of nitrogens with zero attached hydrogens (tertiary/aromatic N) is 3. The molecule has 1 fully saturated rings. The molecule has 1 aromatic heterocycles. The molecule has 0 saturated carbocycles. The topological polar surface area (TPSA) is 52.0 Å². The summed E-state index contributed by atoms with van der Waals surface area (Å²) in [6.07, 6.45) is 1.10. The first-order chi connectivity index (χ1) is 11.1. The fourth-order valence-electron chi connectivity index (χ4n) is 2.87. The summed E-state index contributed by atoms with van der Waals surface area (Å²) in [5, 5.41) is 14.2. The lowest BCUT2D eigenvalue weighted by Crippen LogP contribution is -2.23. The summed E-state index contributed by atoms with van der Waals surface area (Å²) in [6.45, 7) is 4.91. The summed E-state index contributed by atoms with van der Waals surface area (Å²) in [5.74, 6) is 0.515. The Labute approximate surface area is 149 Å². The quantitative estimate of drug-likeness (QED) is 0.860. The normalized spacial score (nSPS) is 17.3. The molecule has 0 amide bonds. The van der Waals surface area contributed by atoms with Crippen LogP contribution < -0.4 is 10.2 Å². The molecule has 1 unspecified atom stereocenters. The van der Waals surface area contributed by atoms with Gasteiger partial charge < -0.3 is 10.2 Å². The maximum Gasteiger partial charge on any atom is 0.162 e. The van der Waals surface area contributed by atoms with Crippen molar-refractivity contribution in [2.45, 2.75) is 13.3 Å². The Bertz CT molecular complexity index is 753. The summed E-state index contributed by atoms with van der Waals surface area (Å²) in [5.41, 5.74) is 2.89. The van der Waals surface area contributed by atoms with Crippen LogP contribution in [0.4, 0.5) is 10.7 Å². The highest BCUT2D eigenvalue weighted by Gasteiger charge is 2.24. The molecule has 0 aliphatic carbocycles. The predicted octanol–water partition coefficient (Wildman–Crippen LogP) is 4.57. The molecular weight excluding hydrogens is 351 g/mol. The second kappa shape index (κ2) is 6.96. The number of benzene rings is 1. The van der Waals surface area contributed by atoms with E-state index >= 15 is 0 Å². The Morgan fingerprint density at radius 1 is 1.48 bits per heavy atom. The Hall–Kier alpha value is -1.48.